The van der Waals surface area contributed by atoms with Crippen LogP contribution < -0.4 is 5.73 Å². The van der Waals surface area contributed by atoms with Crippen LogP contribution in [0.3, 0.4) is 0 Å². The fourth-order valence-corrected chi connectivity index (χ4v) is 2.50. The summed E-state index contributed by atoms with van der Waals surface area (Å²) < 4.78 is 15.5. The molecular formula is C16H16FN3. The number of hydrogen-bond acceptors (Lipinski definition) is 2. The van der Waals surface area contributed by atoms with Crippen LogP contribution in [0.4, 0.5) is 10.1 Å². The van der Waals surface area contributed by atoms with E-state index in [1.165, 1.54) is 12.1 Å². The van der Waals surface area contributed by atoms with Crippen LogP contribution in [-0.2, 0) is 6.54 Å². The van der Waals surface area contributed by atoms with Gasteiger partial charge in [-0.25, -0.2) is 9.37 Å². The molecule has 3 rings (SSSR count). The zero-order valence-electron chi connectivity index (χ0n) is 11.5. The van der Waals surface area contributed by atoms with Crippen molar-refractivity contribution in [2.75, 3.05) is 5.73 Å². The quantitative estimate of drug-likeness (QED) is 0.720. The van der Waals surface area contributed by atoms with Crippen LogP contribution in [0.2, 0.25) is 0 Å². The molecule has 4 heteroatoms. The second-order valence-electron chi connectivity index (χ2n) is 4.89. The van der Waals surface area contributed by atoms with Gasteiger partial charge in [-0.2, -0.15) is 0 Å². The molecule has 3 aromatic rings. The van der Waals surface area contributed by atoms with Gasteiger partial charge in [0.2, 0.25) is 0 Å². The van der Waals surface area contributed by atoms with Gasteiger partial charge in [-0.3, -0.25) is 0 Å². The first-order valence-corrected chi connectivity index (χ1v) is 6.62. The lowest BCUT2D eigenvalue weighted by molar-refractivity contribution is 0.628. The number of benzene rings is 2. The third-order valence-corrected chi connectivity index (χ3v) is 3.53. The van der Waals surface area contributed by atoms with Crippen molar-refractivity contribution in [3.63, 3.8) is 0 Å². The van der Waals surface area contributed by atoms with Gasteiger partial charge in [0.25, 0.3) is 0 Å². The van der Waals surface area contributed by atoms with Gasteiger partial charge in [-0.05, 0) is 49.7 Å². The van der Waals surface area contributed by atoms with E-state index >= 15 is 0 Å². The molecule has 0 saturated carbocycles. The highest BCUT2D eigenvalue weighted by Gasteiger charge is 2.14. The maximum Gasteiger partial charge on any atom is 0.141 e. The standard InChI is InChI=1S/C16H16FN3/c1-3-20-15-8-11(17)5-7-14(15)19-16(20)13-9-12(18)6-4-10(13)2/h4-9H,3,18H2,1-2H3. The summed E-state index contributed by atoms with van der Waals surface area (Å²) >= 11 is 0. The maximum atomic E-state index is 13.4. The van der Waals surface area contributed by atoms with Gasteiger partial charge in [-0.15, -0.1) is 0 Å². The Morgan fingerprint density at radius 2 is 2.00 bits per heavy atom. The fourth-order valence-electron chi connectivity index (χ4n) is 2.50. The summed E-state index contributed by atoms with van der Waals surface area (Å²) in [6.45, 7) is 4.77. The highest BCUT2D eigenvalue weighted by molar-refractivity contribution is 5.82. The number of rotatable bonds is 2. The summed E-state index contributed by atoms with van der Waals surface area (Å²) in [6.07, 6.45) is 0. The number of aromatic nitrogens is 2. The number of hydrogen-bond donors (Lipinski definition) is 1. The predicted molar refractivity (Wildman–Crippen MR) is 80.0 cm³/mol. The number of imidazole rings is 1. The minimum absolute atomic E-state index is 0.247. The normalized spacial score (nSPS) is 11.2. The van der Waals surface area contributed by atoms with E-state index in [0.717, 1.165) is 34.5 Å². The molecule has 0 fully saturated rings. The van der Waals surface area contributed by atoms with Crippen LogP contribution >= 0.6 is 0 Å². The molecule has 0 radical (unpaired) electrons. The maximum absolute atomic E-state index is 13.4. The minimum Gasteiger partial charge on any atom is -0.399 e. The number of nitrogen functional groups attached to an aromatic ring is 1. The molecule has 0 bridgehead atoms. The van der Waals surface area contributed by atoms with E-state index in [4.69, 9.17) is 5.73 Å². The van der Waals surface area contributed by atoms with Gasteiger partial charge in [0.05, 0.1) is 11.0 Å². The number of fused-ring (bicyclic) bond motifs is 1. The molecule has 2 N–H and O–H groups in total. The highest BCUT2D eigenvalue weighted by Crippen LogP contribution is 2.29. The van der Waals surface area contributed by atoms with Crippen LogP contribution in [0.1, 0.15) is 12.5 Å². The number of halogens is 1. The van der Waals surface area contributed by atoms with Crippen molar-refractivity contribution in [2.45, 2.75) is 20.4 Å². The van der Waals surface area contributed by atoms with Gasteiger partial charge in [0, 0.05) is 17.8 Å². The van der Waals surface area contributed by atoms with Crippen molar-refractivity contribution in [3.05, 3.63) is 47.8 Å². The number of nitrogens with two attached hydrogens (primary N) is 1. The Hall–Kier alpha value is -2.36. The van der Waals surface area contributed by atoms with Crippen molar-refractivity contribution in [1.82, 2.24) is 9.55 Å². The first-order chi connectivity index (χ1) is 9.60. The van der Waals surface area contributed by atoms with E-state index in [1.54, 1.807) is 6.07 Å². The van der Waals surface area contributed by atoms with Crippen molar-refractivity contribution in [1.29, 1.82) is 0 Å². The average Bonchev–Trinajstić information content (AvgIpc) is 2.79. The minimum atomic E-state index is -0.247. The lowest BCUT2D eigenvalue weighted by atomic mass is 10.1. The Labute approximate surface area is 116 Å². The average molecular weight is 269 g/mol. The Kier molecular flexibility index (Phi) is 2.93. The summed E-state index contributed by atoms with van der Waals surface area (Å²) in [5, 5.41) is 0. The van der Waals surface area contributed by atoms with E-state index in [9.17, 15) is 4.39 Å². The van der Waals surface area contributed by atoms with E-state index in [-0.39, 0.29) is 5.82 Å². The number of aryl methyl sites for hydroxylation is 2. The molecule has 20 heavy (non-hydrogen) atoms. The Bertz CT molecular complexity index is 790. The lowest BCUT2D eigenvalue weighted by Gasteiger charge is -2.09. The molecule has 0 spiro atoms. The SMILES string of the molecule is CCn1c(-c2cc(N)ccc2C)nc2ccc(F)cc21. The van der Waals surface area contributed by atoms with Crippen LogP contribution in [0.15, 0.2) is 36.4 Å². The number of nitrogens with zero attached hydrogens (tertiary/aromatic N) is 2. The molecule has 2 aromatic carbocycles. The highest BCUT2D eigenvalue weighted by atomic mass is 19.1. The van der Waals surface area contributed by atoms with Crippen molar-refractivity contribution in [3.8, 4) is 11.4 Å². The zero-order chi connectivity index (χ0) is 14.3. The second-order valence-corrected chi connectivity index (χ2v) is 4.89. The molecule has 0 aliphatic rings. The van der Waals surface area contributed by atoms with E-state index in [1.807, 2.05) is 36.6 Å². The largest absolute Gasteiger partial charge is 0.399 e. The van der Waals surface area contributed by atoms with Crippen molar-refractivity contribution < 1.29 is 4.39 Å². The molecule has 0 atom stereocenters. The molecule has 1 aromatic heterocycles. The van der Waals surface area contributed by atoms with E-state index in [0.29, 0.717) is 5.69 Å². The first kappa shape index (κ1) is 12.7. The summed E-state index contributed by atoms with van der Waals surface area (Å²) in [5.41, 5.74) is 10.3. The molecule has 1 heterocycles. The van der Waals surface area contributed by atoms with Crippen molar-refractivity contribution >= 4 is 16.7 Å². The Morgan fingerprint density at radius 1 is 1.20 bits per heavy atom. The van der Waals surface area contributed by atoms with E-state index in [2.05, 4.69) is 4.98 Å². The van der Waals surface area contributed by atoms with Gasteiger partial charge >= 0.3 is 0 Å². The van der Waals surface area contributed by atoms with Gasteiger partial charge in [0.1, 0.15) is 11.6 Å². The van der Waals surface area contributed by atoms with Crippen LogP contribution in [0.25, 0.3) is 22.4 Å². The molecule has 0 aliphatic heterocycles. The van der Waals surface area contributed by atoms with Crippen molar-refractivity contribution in [2.24, 2.45) is 0 Å². The predicted octanol–water partition coefficient (Wildman–Crippen LogP) is 3.75. The van der Waals surface area contributed by atoms with Gasteiger partial charge in [0.15, 0.2) is 0 Å². The molecule has 3 nitrogen and oxygen atoms in total. The second kappa shape index (κ2) is 4.63. The third-order valence-electron chi connectivity index (χ3n) is 3.53. The lowest BCUT2D eigenvalue weighted by Crippen LogP contribution is -1.99. The van der Waals surface area contributed by atoms with Crippen LogP contribution in [0.5, 0.6) is 0 Å². The molecule has 0 unspecified atom stereocenters. The molecule has 0 saturated heterocycles. The smallest absolute Gasteiger partial charge is 0.141 e. The molecule has 102 valence electrons. The Morgan fingerprint density at radius 3 is 2.75 bits per heavy atom. The van der Waals surface area contributed by atoms with Crippen LogP contribution in [0, 0.1) is 12.7 Å². The summed E-state index contributed by atoms with van der Waals surface area (Å²) in [4.78, 5) is 4.64. The summed E-state index contributed by atoms with van der Waals surface area (Å²) in [7, 11) is 0. The topological polar surface area (TPSA) is 43.8 Å². The zero-order valence-corrected chi connectivity index (χ0v) is 11.5. The third kappa shape index (κ3) is 1.93. The summed E-state index contributed by atoms with van der Waals surface area (Å²) in [6, 6.07) is 10.4. The summed E-state index contributed by atoms with van der Waals surface area (Å²) in [5.74, 6) is 0.584. The first-order valence-electron chi connectivity index (χ1n) is 6.62. The molecule has 0 aliphatic carbocycles. The van der Waals surface area contributed by atoms with Crippen LogP contribution in [-0.4, -0.2) is 9.55 Å². The van der Waals surface area contributed by atoms with E-state index < -0.39 is 0 Å². The number of anilines is 1. The Balaban J connectivity index is 2.33. The fraction of sp³-hybridized carbons (Fsp3) is 0.188. The molecule has 0 amide bonds. The van der Waals surface area contributed by atoms with Gasteiger partial charge < -0.3 is 10.3 Å². The monoisotopic (exact) mass is 269 g/mol. The van der Waals surface area contributed by atoms with Gasteiger partial charge in [-0.1, -0.05) is 6.07 Å². The molecular weight excluding hydrogens is 253 g/mol.